The van der Waals surface area contributed by atoms with Gasteiger partial charge in [-0.2, -0.15) is 0 Å². The van der Waals surface area contributed by atoms with Crippen molar-refractivity contribution in [3.05, 3.63) is 59.3 Å². The van der Waals surface area contributed by atoms with E-state index in [-0.39, 0.29) is 0 Å². The number of rotatable bonds is 6. The lowest BCUT2D eigenvalue weighted by molar-refractivity contribution is 0.527. The van der Waals surface area contributed by atoms with Gasteiger partial charge in [-0.25, -0.2) is 9.97 Å². The molecule has 182 valence electrons. The molecule has 2 aromatic heterocycles. The van der Waals surface area contributed by atoms with E-state index in [2.05, 4.69) is 83.7 Å². The minimum absolute atomic E-state index is 0.780. The van der Waals surface area contributed by atoms with Gasteiger partial charge in [0.1, 0.15) is 11.6 Å². The molecule has 0 unspecified atom stereocenters. The molecule has 1 aliphatic carbocycles. The first-order chi connectivity index (χ1) is 17.2. The summed E-state index contributed by atoms with van der Waals surface area (Å²) in [6.45, 7) is 8.61. The molecule has 2 aromatic carbocycles. The van der Waals surface area contributed by atoms with Crippen LogP contribution in [0.15, 0.2) is 36.4 Å². The molecule has 4 N–H and O–H groups in total. The second kappa shape index (κ2) is 11.8. The van der Waals surface area contributed by atoms with Crippen molar-refractivity contribution in [1.82, 2.24) is 30.6 Å². The van der Waals surface area contributed by atoms with E-state index in [0.717, 1.165) is 67.1 Å². The monoisotopic (exact) mass is 468 g/mol. The molecule has 0 atom stereocenters. The van der Waals surface area contributed by atoms with Crippen LogP contribution >= 0.6 is 0 Å². The standard InChI is InChI=1S/C24H27N5.C3H7N.C2H2/c1-3-11-25-14-23-26-19-9-6-16(13-21(19)28-23)15-5-8-18-17(12-15)7-10-20-24(18)29-22(4-2)27-20;1-2-4-3-1;1-2/h5-6,8-9,12-13,25H,3-4,7,10-11,14H2,1-2H3,(H,26,28)(H,27,29);4H,1-3H2;1-2H. The number of hydrogen-bond donors (Lipinski definition) is 4. The van der Waals surface area contributed by atoms with Crippen molar-refractivity contribution in [2.45, 2.75) is 52.5 Å². The van der Waals surface area contributed by atoms with E-state index < -0.39 is 0 Å². The third-order valence-corrected chi connectivity index (χ3v) is 6.46. The van der Waals surface area contributed by atoms with E-state index in [1.807, 2.05) is 0 Å². The molecule has 6 rings (SSSR count). The number of terminal acetylenes is 1. The van der Waals surface area contributed by atoms with Gasteiger partial charge in [-0.15, -0.1) is 12.8 Å². The molecule has 4 aromatic rings. The van der Waals surface area contributed by atoms with Gasteiger partial charge >= 0.3 is 0 Å². The average molecular weight is 469 g/mol. The molecule has 1 fully saturated rings. The van der Waals surface area contributed by atoms with Crippen molar-refractivity contribution in [1.29, 1.82) is 0 Å². The third kappa shape index (κ3) is 5.64. The molecule has 6 heteroatoms. The molecule has 0 spiro atoms. The van der Waals surface area contributed by atoms with Gasteiger partial charge in [-0.1, -0.05) is 38.1 Å². The molecule has 0 saturated carbocycles. The van der Waals surface area contributed by atoms with Crippen molar-refractivity contribution in [3.63, 3.8) is 0 Å². The Labute approximate surface area is 208 Å². The maximum absolute atomic E-state index is 4.81. The molecule has 0 amide bonds. The molecule has 0 bridgehead atoms. The van der Waals surface area contributed by atoms with Crippen LogP contribution in [0.5, 0.6) is 0 Å². The van der Waals surface area contributed by atoms with Gasteiger partial charge in [0.05, 0.1) is 23.3 Å². The molecule has 0 radical (unpaired) electrons. The maximum Gasteiger partial charge on any atom is 0.121 e. The van der Waals surface area contributed by atoms with E-state index in [1.165, 1.54) is 47.5 Å². The SMILES string of the molecule is C#C.C1CNC1.CCCNCc1nc2ccc(-c3ccc4c(c3)CCc3[nH]c(CC)nc3-4)cc2[nH]1. The molecular formula is C29H36N6. The Balaban J connectivity index is 0.000000430. The summed E-state index contributed by atoms with van der Waals surface area (Å²) in [4.78, 5) is 16.5. The van der Waals surface area contributed by atoms with Crippen LogP contribution in [-0.4, -0.2) is 39.6 Å². The first-order valence-electron chi connectivity index (χ1n) is 12.7. The summed E-state index contributed by atoms with van der Waals surface area (Å²) in [5.41, 5.74) is 9.67. The number of aryl methyl sites for hydroxylation is 3. The van der Waals surface area contributed by atoms with E-state index in [9.17, 15) is 0 Å². The van der Waals surface area contributed by atoms with Crippen molar-refractivity contribution in [2.24, 2.45) is 0 Å². The summed E-state index contributed by atoms with van der Waals surface area (Å²) >= 11 is 0. The summed E-state index contributed by atoms with van der Waals surface area (Å²) in [6, 6.07) is 13.3. The second-order valence-corrected chi connectivity index (χ2v) is 8.93. The van der Waals surface area contributed by atoms with Gasteiger partial charge in [0.25, 0.3) is 0 Å². The largest absolute Gasteiger partial charge is 0.345 e. The van der Waals surface area contributed by atoms with Crippen molar-refractivity contribution in [3.8, 4) is 35.2 Å². The van der Waals surface area contributed by atoms with Gasteiger partial charge in [-0.05, 0) is 74.1 Å². The lowest BCUT2D eigenvalue weighted by Crippen LogP contribution is -2.29. The highest BCUT2D eigenvalue weighted by atomic mass is 15.0. The maximum atomic E-state index is 4.81. The number of aromatic amines is 2. The van der Waals surface area contributed by atoms with Crippen LogP contribution in [-0.2, 0) is 25.8 Å². The van der Waals surface area contributed by atoms with Crippen LogP contribution in [0.1, 0.15) is 49.6 Å². The van der Waals surface area contributed by atoms with Crippen LogP contribution in [0, 0.1) is 12.8 Å². The highest BCUT2D eigenvalue weighted by Gasteiger charge is 2.20. The van der Waals surface area contributed by atoms with Crippen LogP contribution in [0.2, 0.25) is 0 Å². The zero-order chi connectivity index (χ0) is 24.6. The number of nitrogens with one attached hydrogen (secondary N) is 4. The van der Waals surface area contributed by atoms with E-state index in [0.29, 0.717) is 0 Å². The highest BCUT2D eigenvalue weighted by molar-refractivity contribution is 5.83. The summed E-state index contributed by atoms with van der Waals surface area (Å²) in [5.74, 6) is 2.08. The summed E-state index contributed by atoms with van der Waals surface area (Å²) in [6.07, 6.45) is 13.6. The fourth-order valence-corrected chi connectivity index (χ4v) is 4.39. The van der Waals surface area contributed by atoms with Gasteiger partial charge in [-0.3, -0.25) is 0 Å². The van der Waals surface area contributed by atoms with E-state index in [1.54, 1.807) is 0 Å². The van der Waals surface area contributed by atoms with Crippen molar-refractivity contribution in [2.75, 3.05) is 19.6 Å². The third-order valence-electron chi connectivity index (χ3n) is 6.46. The number of hydrogen-bond acceptors (Lipinski definition) is 4. The Morgan fingerprint density at radius 2 is 1.66 bits per heavy atom. The lowest BCUT2D eigenvalue weighted by atomic mass is 9.89. The molecule has 1 saturated heterocycles. The van der Waals surface area contributed by atoms with Crippen molar-refractivity contribution < 1.29 is 0 Å². The average Bonchev–Trinajstić information content (AvgIpc) is 3.47. The first-order valence-corrected chi connectivity index (χ1v) is 12.7. The smallest absolute Gasteiger partial charge is 0.121 e. The Morgan fingerprint density at radius 3 is 2.37 bits per heavy atom. The van der Waals surface area contributed by atoms with E-state index in [4.69, 9.17) is 9.97 Å². The highest BCUT2D eigenvalue weighted by Crippen LogP contribution is 2.35. The Morgan fingerprint density at radius 1 is 0.914 bits per heavy atom. The fraction of sp³-hybridized carbons (Fsp3) is 0.379. The van der Waals surface area contributed by atoms with E-state index >= 15 is 0 Å². The van der Waals surface area contributed by atoms with Gasteiger partial charge in [0, 0.05) is 17.7 Å². The number of fused-ring (bicyclic) bond motifs is 4. The molecule has 35 heavy (non-hydrogen) atoms. The number of aromatic nitrogens is 4. The van der Waals surface area contributed by atoms with Crippen LogP contribution in [0.25, 0.3) is 33.4 Å². The van der Waals surface area contributed by atoms with Crippen molar-refractivity contribution >= 4 is 11.0 Å². The van der Waals surface area contributed by atoms with Crippen LogP contribution < -0.4 is 10.6 Å². The lowest BCUT2D eigenvalue weighted by Gasteiger charge is -2.16. The molecule has 3 heterocycles. The summed E-state index contributed by atoms with van der Waals surface area (Å²) in [5, 5.41) is 6.52. The van der Waals surface area contributed by atoms with Gasteiger partial charge < -0.3 is 20.6 Å². The minimum atomic E-state index is 0.780. The summed E-state index contributed by atoms with van der Waals surface area (Å²) < 4.78 is 0. The zero-order valence-corrected chi connectivity index (χ0v) is 20.9. The predicted molar refractivity (Wildman–Crippen MR) is 145 cm³/mol. The topological polar surface area (TPSA) is 81.4 Å². The quantitative estimate of drug-likeness (QED) is 0.237. The number of nitrogens with zero attached hydrogens (tertiary/aromatic N) is 2. The Kier molecular flexibility index (Phi) is 8.36. The number of benzene rings is 2. The number of H-pyrrole nitrogens is 2. The molecule has 2 aliphatic rings. The Hall–Kier alpha value is -3.40. The van der Waals surface area contributed by atoms with Crippen LogP contribution in [0.4, 0.5) is 0 Å². The van der Waals surface area contributed by atoms with Gasteiger partial charge in [0.2, 0.25) is 0 Å². The van der Waals surface area contributed by atoms with Gasteiger partial charge in [0.15, 0.2) is 0 Å². The first kappa shape index (κ1) is 24.7. The Bertz CT molecular complexity index is 1270. The number of imidazole rings is 2. The normalized spacial score (nSPS) is 13.5. The fourth-order valence-electron chi connectivity index (χ4n) is 4.39. The minimum Gasteiger partial charge on any atom is -0.345 e. The summed E-state index contributed by atoms with van der Waals surface area (Å²) in [7, 11) is 0. The zero-order valence-electron chi connectivity index (χ0n) is 20.9. The molecule has 1 aliphatic heterocycles. The van der Waals surface area contributed by atoms with Crippen LogP contribution in [0.3, 0.4) is 0 Å². The predicted octanol–water partition coefficient (Wildman–Crippen LogP) is 5.01. The second-order valence-electron chi connectivity index (χ2n) is 8.93. The molecule has 6 nitrogen and oxygen atoms in total. The molecular weight excluding hydrogens is 432 g/mol.